The van der Waals surface area contributed by atoms with Crippen LogP contribution in [0.25, 0.3) is 0 Å². The zero-order chi connectivity index (χ0) is 14.9. The molecule has 0 atom stereocenters. The summed E-state index contributed by atoms with van der Waals surface area (Å²) in [4.78, 5) is 2.26. The molecule has 0 aliphatic carbocycles. The second kappa shape index (κ2) is 5.57. The van der Waals surface area contributed by atoms with E-state index in [9.17, 15) is 8.42 Å². The van der Waals surface area contributed by atoms with E-state index in [0.717, 1.165) is 30.1 Å². The normalized spacial score (nSPS) is 15.3. The molecule has 2 aromatic rings. The molecular formula is C14H17N3O2S2. The Morgan fingerprint density at radius 1 is 1.19 bits per heavy atom. The maximum Gasteiger partial charge on any atom is 0.271 e. The Morgan fingerprint density at radius 2 is 1.95 bits per heavy atom. The van der Waals surface area contributed by atoms with E-state index in [-0.39, 0.29) is 4.21 Å². The topological polar surface area (TPSA) is 75.4 Å². The third-order valence-electron chi connectivity index (χ3n) is 3.43. The van der Waals surface area contributed by atoms with Crippen LogP contribution >= 0.6 is 11.3 Å². The summed E-state index contributed by atoms with van der Waals surface area (Å²) in [6.45, 7) is 2.05. The largest absolute Gasteiger partial charge is 0.398 e. The van der Waals surface area contributed by atoms with Crippen LogP contribution in [-0.4, -0.2) is 21.5 Å². The average Bonchev–Trinajstić information content (AvgIpc) is 3.09. The van der Waals surface area contributed by atoms with Gasteiger partial charge in [0, 0.05) is 29.8 Å². The van der Waals surface area contributed by atoms with Crippen molar-refractivity contribution >= 4 is 38.4 Å². The molecule has 0 saturated carbocycles. The van der Waals surface area contributed by atoms with Gasteiger partial charge in [-0.3, -0.25) is 4.72 Å². The monoisotopic (exact) mass is 323 g/mol. The molecule has 1 saturated heterocycles. The van der Waals surface area contributed by atoms with Crippen LogP contribution in [0.3, 0.4) is 0 Å². The van der Waals surface area contributed by atoms with Gasteiger partial charge in [0.15, 0.2) is 0 Å². The van der Waals surface area contributed by atoms with Gasteiger partial charge in [-0.15, -0.1) is 11.3 Å². The number of hydrogen-bond acceptors (Lipinski definition) is 5. The van der Waals surface area contributed by atoms with Crippen molar-refractivity contribution in [3.63, 3.8) is 0 Å². The SMILES string of the molecule is Nc1csc(S(=O)(=O)Nc2cccc(N3CCCC3)c2)c1. The number of hydrogen-bond donors (Lipinski definition) is 2. The van der Waals surface area contributed by atoms with Gasteiger partial charge in [0.2, 0.25) is 0 Å². The van der Waals surface area contributed by atoms with E-state index >= 15 is 0 Å². The van der Waals surface area contributed by atoms with E-state index in [2.05, 4.69) is 9.62 Å². The minimum Gasteiger partial charge on any atom is -0.398 e. The van der Waals surface area contributed by atoms with Gasteiger partial charge >= 0.3 is 0 Å². The Labute approximate surface area is 128 Å². The van der Waals surface area contributed by atoms with E-state index in [4.69, 9.17) is 5.73 Å². The summed E-state index contributed by atoms with van der Waals surface area (Å²) in [5.41, 5.74) is 7.68. The van der Waals surface area contributed by atoms with Crippen LogP contribution in [0.4, 0.5) is 17.1 Å². The first-order valence-electron chi connectivity index (χ1n) is 6.76. The minimum absolute atomic E-state index is 0.228. The molecule has 2 heterocycles. The van der Waals surface area contributed by atoms with Gasteiger partial charge in [0.25, 0.3) is 10.0 Å². The van der Waals surface area contributed by atoms with Crippen molar-refractivity contribution in [3.05, 3.63) is 35.7 Å². The van der Waals surface area contributed by atoms with Crippen LogP contribution in [0.5, 0.6) is 0 Å². The standard InChI is InChI=1S/C14H17N3O2S2/c15-11-8-14(20-10-11)21(18,19)16-12-4-3-5-13(9-12)17-6-1-2-7-17/h3-5,8-10,16H,1-2,6-7,15H2. The summed E-state index contributed by atoms with van der Waals surface area (Å²) < 4.78 is 27.4. The number of nitrogens with one attached hydrogen (secondary N) is 1. The number of nitrogen functional groups attached to an aromatic ring is 1. The number of rotatable bonds is 4. The lowest BCUT2D eigenvalue weighted by Crippen LogP contribution is -2.18. The molecule has 5 nitrogen and oxygen atoms in total. The molecule has 1 aromatic heterocycles. The predicted octanol–water partition coefficient (Wildman–Crippen LogP) is 2.73. The zero-order valence-corrected chi connectivity index (χ0v) is 13.1. The molecule has 1 aliphatic heterocycles. The van der Waals surface area contributed by atoms with E-state index < -0.39 is 10.0 Å². The lowest BCUT2D eigenvalue weighted by Gasteiger charge is -2.18. The van der Waals surface area contributed by atoms with Crippen molar-refractivity contribution < 1.29 is 8.42 Å². The second-order valence-electron chi connectivity index (χ2n) is 5.05. The van der Waals surface area contributed by atoms with Gasteiger partial charge in [-0.1, -0.05) is 6.07 Å². The Bertz CT molecular complexity index is 734. The van der Waals surface area contributed by atoms with Gasteiger partial charge in [0.05, 0.1) is 5.69 Å². The second-order valence-corrected chi connectivity index (χ2v) is 7.87. The molecular weight excluding hydrogens is 306 g/mol. The highest BCUT2D eigenvalue weighted by Gasteiger charge is 2.18. The van der Waals surface area contributed by atoms with Gasteiger partial charge in [-0.25, -0.2) is 8.42 Å². The number of nitrogens with zero attached hydrogens (tertiary/aromatic N) is 1. The van der Waals surface area contributed by atoms with Crippen molar-refractivity contribution in [3.8, 4) is 0 Å². The third-order valence-corrected chi connectivity index (χ3v) is 6.27. The highest BCUT2D eigenvalue weighted by atomic mass is 32.2. The molecule has 7 heteroatoms. The maximum absolute atomic E-state index is 12.3. The van der Waals surface area contributed by atoms with Gasteiger partial charge < -0.3 is 10.6 Å². The molecule has 0 amide bonds. The molecule has 3 N–H and O–H groups in total. The Hall–Kier alpha value is -1.73. The lowest BCUT2D eigenvalue weighted by atomic mass is 10.2. The fourth-order valence-corrected chi connectivity index (χ4v) is 4.55. The van der Waals surface area contributed by atoms with Crippen LogP contribution in [0, 0.1) is 0 Å². The van der Waals surface area contributed by atoms with Gasteiger partial charge in [-0.05, 0) is 37.1 Å². The van der Waals surface area contributed by atoms with Crippen LogP contribution in [0.1, 0.15) is 12.8 Å². The zero-order valence-electron chi connectivity index (χ0n) is 11.5. The van der Waals surface area contributed by atoms with Crippen molar-refractivity contribution in [1.82, 2.24) is 0 Å². The molecule has 112 valence electrons. The molecule has 0 unspecified atom stereocenters. The van der Waals surface area contributed by atoms with Crippen molar-refractivity contribution in [2.24, 2.45) is 0 Å². The number of benzene rings is 1. The van der Waals surface area contributed by atoms with Gasteiger partial charge in [-0.2, -0.15) is 0 Å². The Balaban J connectivity index is 1.83. The van der Waals surface area contributed by atoms with Crippen LogP contribution in [0.15, 0.2) is 39.9 Å². The molecule has 0 radical (unpaired) electrons. The van der Waals surface area contributed by atoms with Crippen LogP contribution in [-0.2, 0) is 10.0 Å². The molecule has 3 rings (SSSR count). The Kier molecular flexibility index (Phi) is 3.77. The van der Waals surface area contributed by atoms with Crippen molar-refractivity contribution in [2.45, 2.75) is 17.1 Å². The van der Waals surface area contributed by atoms with Crippen molar-refractivity contribution in [1.29, 1.82) is 0 Å². The highest BCUT2D eigenvalue weighted by molar-refractivity contribution is 7.94. The summed E-state index contributed by atoms with van der Waals surface area (Å²) in [5, 5.41) is 1.62. The molecule has 1 aromatic carbocycles. The van der Waals surface area contributed by atoms with Crippen molar-refractivity contribution in [2.75, 3.05) is 28.4 Å². The quantitative estimate of drug-likeness (QED) is 0.907. The summed E-state index contributed by atoms with van der Waals surface area (Å²) in [7, 11) is -3.56. The average molecular weight is 323 g/mol. The number of thiophene rings is 1. The van der Waals surface area contributed by atoms with Gasteiger partial charge in [0.1, 0.15) is 4.21 Å². The van der Waals surface area contributed by atoms with E-state index in [1.54, 1.807) is 11.4 Å². The summed E-state index contributed by atoms with van der Waals surface area (Å²) in [6, 6.07) is 8.98. The number of anilines is 3. The summed E-state index contributed by atoms with van der Waals surface area (Å²) in [5.74, 6) is 0. The summed E-state index contributed by atoms with van der Waals surface area (Å²) >= 11 is 1.12. The fourth-order valence-electron chi connectivity index (χ4n) is 2.42. The smallest absolute Gasteiger partial charge is 0.271 e. The first-order valence-corrected chi connectivity index (χ1v) is 9.13. The highest BCUT2D eigenvalue weighted by Crippen LogP contribution is 2.27. The summed E-state index contributed by atoms with van der Waals surface area (Å²) in [6.07, 6.45) is 2.37. The number of nitrogens with two attached hydrogens (primary N) is 1. The lowest BCUT2D eigenvalue weighted by molar-refractivity contribution is 0.603. The van der Waals surface area contributed by atoms with E-state index in [1.165, 1.54) is 18.9 Å². The Morgan fingerprint density at radius 3 is 2.62 bits per heavy atom. The van der Waals surface area contributed by atoms with Crippen LogP contribution in [0.2, 0.25) is 0 Å². The fraction of sp³-hybridized carbons (Fsp3) is 0.286. The van der Waals surface area contributed by atoms with E-state index in [1.807, 2.05) is 18.2 Å². The van der Waals surface area contributed by atoms with Crippen LogP contribution < -0.4 is 15.4 Å². The molecule has 0 spiro atoms. The van der Waals surface area contributed by atoms with E-state index in [0.29, 0.717) is 11.4 Å². The molecule has 21 heavy (non-hydrogen) atoms. The molecule has 0 bridgehead atoms. The minimum atomic E-state index is -3.56. The maximum atomic E-state index is 12.3. The first kappa shape index (κ1) is 14.2. The number of sulfonamides is 1. The molecule has 1 fully saturated rings. The third kappa shape index (κ3) is 3.14. The first-order chi connectivity index (χ1) is 10.0. The predicted molar refractivity (Wildman–Crippen MR) is 87.4 cm³/mol. The molecule has 1 aliphatic rings.